The summed E-state index contributed by atoms with van der Waals surface area (Å²) in [5.41, 5.74) is 1.02. The third-order valence-corrected chi connectivity index (χ3v) is 2.34. The first-order chi connectivity index (χ1) is 9.02. The Morgan fingerprint density at radius 3 is 2.68 bits per heavy atom. The second-order valence-corrected chi connectivity index (χ2v) is 3.94. The Morgan fingerprint density at radius 1 is 1.32 bits per heavy atom. The summed E-state index contributed by atoms with van der Waals surface area (Å²) in [5, 5.41) is 10.9. The zero-order chi connectivity index (χ0) is 14.3. The zero-order valence-electron chi connectivity index (χ0n) is 10.9. The summed E-state index contributed by atoms with van der Waals surface area (Å²) in [4.78, 5) is 21.7. The molecule has 2 N–H and O–H groups in total. The molecule has 0 aliphatic rings. The highest BCUT2D eigenvalue weighted by Crippen LogP contribution is 2.27. The molecule has 6 heteroatoms. The molecule has 104 valence electrons. The quantitative estimate of drug-likeness (QED) is 0.769. The third kappa shape index (κ3) is 5.29. The minimum atomic E-state index is -0.957. The van der Waals surface area contributed by atoms with E-state index < -0.39 is 5.97 Å². The minimum Gasteiger partial charge on any atom is -0.493 e. The van der Waals surface area contributed by atoms with Crippen LogP contribution in [0.4, 0.5) is 0 Å². The Bertz CT molecular complexity index is 458. The van der Waals surface area contributed by atoms with Crippen molar-refractivity contribution in [3.05, 3.63) is 23.8 Å². The average Bonchev–Trinajstić information content (AvgIpc) is 2.36. The number of nitrogens with one attached hydrogen (secondary N) is 1. The van der Waals surface area contributed by atoms with E-state index in [2.05, 4.69) is 5.32 Å². The third-order valence-electron chi connectivity index (χ3n) is 2.34. The number of aliphatic carboxylic acids is 1. The molecule has 0 heterocycles. The van der Waals surface area contributed by atoms with Crippen molar-refractivity contribution in [2.75, 3.05) is 20.3 Å². The number of aryl methyl sites for hydroxylation is 1. The molecular formula is C13H17NO5. The minimum absolute atomic E-state index is 0.0859. The van der Waals surface area contributed by atoms with Crippen molar-refractivity contribution in [1.29, 1.82) is 0 Å². The highest BCUT2D eigenvalue weighted by Gasteiger charge is 2.08. The van der Waals surface area contributed by atoms with Gasteiger partial charge in [-0.05, 0) is 24.6 Å². The molecule has 0 saturated heterocycles. The van der Waals surface area contributed by atoms with Gasteiger partial charge >= 0.3 is 5.97 Å². The fourth-order valence-corrected chi connectivity index (χ4v) is 1.40. The summed E-state index contributed by atoms with van der Waals surface area (Å²) in [6.45, 7) is 1.83. The van der Waals surface area contributed by atoms with Gasteiger partial charge in [-0.3, -0.25) is 9.59 Å². The maximum atomic E-state index is 11.4. The number of carbonyl (C=O) groups is 2. The van der Waals surface area contributed by atoms with E-state index in [1.165, 1.54) is 7.11 Å². The fraction of sp³-hybridized carbons (Fsp3) is 0.385. The highest BCUT2D eigenvalue weighted by molar-refractivity contribution is 5.78. The number of carboxylic acids is 1. The lowest BCUT2D eigenvalue weighted by atomic mass is 10.2. The first-order valence-electron chi connectivity index (χ1n) is 5.79. The molecule has 0 unspecified atom stereocenters. The van der Waals surface area contributed by atoms with Crippen molar-refractivity contribution in [3.63, 3.8) is 0 Å². The normalized spacial score (nSPS) is 9.79. The summed E-state index contributed by atoms with van der Waals surface area (Å²) in [6, 6.07) is 5.37. The topological polar surface area (TPSA) is 84.9 Å². The summed E-state index contributed by atoms with van der Waals surface area (Å²) < 4.78 is 10.5. The number of rotatable bonds is 7. The number of methoxy groups -OCH3 is 1. The molecule has 6 nitrogen and oxygen atoms in total. The number of carbonyl (C=O) groups excluding carboxylic acids is 1. The Balaban J connectivity index is 2.43. The number of ether oxygens (including phenoxy) is 2. The maximum Gasteiger partial charge on any atom is 0.305 e. The van der Waals surface area contributed by atoms with Crippen LogP contribution >= 0.6 is 0 Å². The highest BCUT2D eigenvalue weighted by atomic mass is 16.5. The van der Waals surface area contributed by atoms with Crippen LogP contribution in [-0.2, 0) is 9.59 Å². The van der Waals surface area contributed by atoms with Gasteiger partial charge in [0.2, 0.25) is 0 Å². The number of carboxylic acid groups (broad SMARTS) is 1. The fourth-order valence-electron chi connectivity index (χ4n) is 1.40. The van der Waals surface area contributed by atoms with Crippen molar-refractivity contribution in [1.82, 2.24) is 5.32 Å². The molecule has 0 saturated carbocycles. The van der Waals surface area contributed by atoms with Crippen molar-refractivity contribution in [2.24, 2.45) is 0 Å². The van der Waals surface area contributed by atoms with Crippen LogP contribution in [0.5, 0.6) is 11.5 Å². The Labute approximate surface area is 111 Å². The van der Waals surface area contributed by atoms with Crippen LogP contribution < -0.4 is 14.8 Å². The summed E-state index contributed by atoms with van der Waals surface area (Å²) >= 11 is 0. The second kappa shape index (κ2) is 7.25. The lowest BCUT2D eigenvalue weighted by Crippen LogP contribution is -2.30. The lowest BCUT2D eigenvalue weighted by Gasteiger charge is -2.11. The molecule has 0 spiro atoms. The molecule has 0 aromatic heterocycles. The Hall–Kier alpha value is -2.24. The predicted octanol–water partition coefficient (Wildman–Crippen LogP) is 0.973. The van der Waals surface area contributed by atoms with Crippen LogP contribution in [0.25, 0.3) is 0 Å². The monoisotopic (exact) mass is 267 g/mol. The van der Waals surface area contributed by atoms with Crippen LogP contribution in [-0.4, -0.2) is 37.2 Å². The van der Waals surface area contributed by atoms with E-state index in [9.17, 15) is 9.59 Å². The molecule has 0 bridgehead atoms. The average molecular weight is 267 g/mol. The molecule has 1 amide bonds. The first kappa shape index (κ1) is 14.8. The lowest BCUT2D eigenvalue weighted by molar-refractivity contribution is -0.137. The van der Waals surface area contributed by atoms with Gasteiger partial charge in [-0.25, -0.2) is 0 Å². The molecule has 1 aromatic carbocycles. The van der Waals surface area contributed by atoms with E-state index in [0.717, 1.165) is 5.56 Å². The smallest absolute Gasteiger partial charge is 0.305 e. The molecule has 0 aliphatic carbocycles. The van der Waals surface area contributed by atoms with Crippen LogP contribution in [0.15, 0.2) is 18.2 Å². The molecule has 1 rings (SSSR count). The van der Waals surface area contributed by atoms with Crippen LogP contribution in [0.3, 0.4) is 0 Å². The largest absolute Gasteiger partial charge is 0.493 e. The number of amides is 1. The molecule has 19 heavy (non-hydrogen) atoms. The number of hydrogen-bond acceptors (Lipinski definition) is 4. The summed E-state index contributed by atoms with van der Waals surface area (Å²) in [7, 11) is 1.52. The van der Waals surface area contributed by atoms with E-state index in [1.807, 2.05) is 13.0 Å². The molecule has 0 radical (unpaired) electrons. The van der Waals surface area contributed by atoms with E-state index >= 15 is 0 Å². The van der Waals surface area contributed by atoms with E-state index in [4.69, 9.17) is 14.6 Å². The zero-order valence-corrected chi connectivity index (χ0v) is 10.9. The summed E-state index contributed by atoms with van der Waals surface area (Å²) in [5.74, 6) is -0.301. The van der Waals surface area contributed by atoms with Gasteiger partial charge in [0.15, 0.2) is 18.1 Å². The van der Waals surface area contributed by atoms with Gasteiger partial charge in [0.25, 0.3) is 5.91 Å². The standard InChI is InChI=1S/C13H17NO5/c1-9-3-4-10(11(7-9)18-2)19-8-12(15)14-6-5-13(16)17/h3-4,7H,5-6,8H2,1-2H3,(H,14,15)(H,16,17). The Kier molecular flexibility index (Phi) is 5.66. The SMILES string of the molecule is COc1cc(C)ccc1OCC(=O)NCCC(=O)O. The number of benzene rings is 1. The van der Waals surface area contributed by atoms with Crippen LogP contribution in [0.1, 0.15) is 12.0 Å². The van der Waals surface area contributed by atoms with Gasteiger partial charge in [-0.2, -0.15) is 0 Å². The Morgan fingerprint density at radius 2 is 2.05 bits per heavy atom. The van der Waals surface area contributed by atoms with Crippen LogP contribution in [0, 0.1) is 6.92 Å². The van der Waals surface area contributed by atoms with E-state index in [-0.39, 0.29) is 25.5 Å². The van der Waals surface area contributed by atoms with Gasteiger partial charge in [0.1, 0.15) is 0 Å². The van der Waals surface area contributed by atoms with Gasteiger partial charge in [0.05, 0.1) is 13.5 Å². The van der Waals surface area contributed by atoms with Crippen molar-refractivity contribution >= 4 is 11.9 Å². The van der Waals surface area contributed by atoms with Gasteiger partial charge < -0.3 is 19.9 Å². The molecule has 0 aliphatic heterocycles. The van der Waals surface area contributed by atoms with Gasteiger partial charge in [-0.15, -0.1) is 0 Å². The number of hydrogen-bond donors (Lipinski definition) is 2. The first-order valence-corrected chi connectivity index (χ1v) is 5.79. The molecule has 0 fully saturated rings. The molecule has 1 aromatic rings. The second-order valence-electron chi connectivity index (χ2n) is 3.94. The maximum absolute atomic E-state index is 11.4. The van der Waals surface area contributed by atoms with Gasteiger partial charge in [0, 0.05) is 6.54 Å². The van der Waals surface area contributed by atoms with E-state index in [0.29, 0.717) is 11.5 Å². The van der Waals surface area contributed by atoms with Crippen molar-refractivity contribution < 1.29 is 24.2 Å². The predicted molar refractivity (Wildman–Crippen MR) is 68.5 cm³/mol. The van der Waals surface area contributed by atoms with E-state index in [1.54, 1.807) is 12.1 Å². The summed E-state index contributed by atoms with van der Waals surface area (Å²) in [6.07, 6.45) is -0.112. The van der Waals surface area contributed by atoms with Crippen molar-refractivity contribution in [3.8, 4) is 11.5 Å². The molecular weight excluding hydrogens is 250 g/mol. The van der Waals surface area contributed by atoms with Crippen molar-refractivity contribution in [2.45, 2.75) is 13.3 Å². The molecule has 0 atom stereocenters. The van der Waals surface area contributed by atoms with Crippen LogP contribution in [0.2, 0.25) is 0 Å². The van der Waals surface area contributed by atoms with Gasteiger partial charge in [-0.1, -0.05) is 6.07 Å².